The highest BCUT2D eigenvalue weighted by Crippen LogP contribution is 2.25. The van der Waals surface area contributed by atoms with Crippen LogP contribution in [0, 0.1) is 0 Å². The van der Waals surface area contributed by atoms with Crippen LogP contribution < -0.4 is 5.32 Å². The summed E-state index contributed by atoms with van der Waals surface area (Å²) in [5.74, 6) is 0. The third kappa shape index (κ3) is 2.84. The summed E-state index contributed by atoms with van der Waals surface area (Å²) in [5.41, 5.74) is 1.37. The second-order valence-electron chi connectivity index (χ2n) is 5.91. The summed E-state index contributed by atoms with van der Waals surface area (Å²) in [6.07, 6.45) is 10.8. The van der Waals surface area contributed by atoms with Crippen LogP contribution in [0.4, 0.5) is 0 Å². The lowest BCUT2D eigenvalue weighted by atomic mass is 9.94. The zero-order valence-electron chi connectivity index (χ0n) is 12.0. The number of likely N-dealkylation sites (tertiary alicyclic amines) is 1. The van der Waals surface area contributed by atoms with E-state index in [0.29, 0.717) is 0 Å². The van der Waals surface area contributed by atoms with Crippen molar-refractivity contribution in [3.63, 3.8) is 0 Å². The van der Waals surface area contributed by atoms with Crippen molar-refractivity contribution in [1.29, 1.82) is 0 Å². The molecule has 106 valence electrons. The van der Waals surface area contributed by atoms with Gasteiger partial charge in [-0.05, 0) is 45.7 Å². The van der Waals surface area contributed by atoms with Gasteiger partial charge in [0.15, 0.2) is 0 Å². The maximum atomic E-state index is 4.30. The normalized spacial score (nSPS) is 28.9. The number of nitrogens with zero attached hydrogens (tertiary/aromatic N) is 3. The molecule has 3 rings (SSSR count). The van der Waals surface area contributed by atoms with Gasteiger partial charge in [0.05, 0.1) is 12.0 Å². The summed E-state index contributed by atoms with van der Waals surface area (Å²) in [4.78, 5) is 6.99. The molecule has 2 aliphatic heterocycles. The molecule has 1 N–H and O–H groups in total. The summed E-state index contributed by atoms with van der Waals surface area (Å²) < 4.78 is 2.27. The quantitative estimate of drug-likeness (QED) is 0.901. The molecule has 2 atom stereocenters. The Labute approximate surface area is 116 Å². The van der Waals surface area contributed by atoms with Gasteiger partial charge in [-0.25, -0.2) is 4.98 Å². The van der Waals surface area contributed by atoms with E-state index in [1.54, 1.807) is 0 Å². The first-order chi connectivity index (χ1) is 9.38. The van der Waals surface area contributed by atoms with Crippen molar-refractivity contribution in [2.24, 2.45) is 0 Å². The molecule has 4 nitrogen and oxygen atoms in total. The first kappa shape index (κ1) is 13.1. The Balaban J connectivity index is 1.69. The highest BCUT2D eigenvalue weighted by Gasteiger charge is 2.31. The molecule has 0 bridgehead atoms. The van der Waals surface area contributed by atoms with Crippen LogP contribution in [0.1, 0.15) is 44.7 Å². The third-order valence-corrected chi connectivity index (χ3v) is 4.73. The van der Waals surface area contributed by atoms with Crippen molar-refractivity contribution in [3.8, 4) is 0 Å². The van der Waals surface area contributed by atoms with Gasteiger partial charge >= 0.3 is 0 Å². The van der Waals surface area contributed by atoms with Crippen molar-refractivity contribution in [3.05, 3.63) is 18.2 Å². The van der Waals surface area contributed by atoms with Gasteiger partial charge in [0.2, 0.25) is 0 Å². The van der Waals surface area contributed by atoms with Crippen LogP contribution in [0.15, 0.2) is 12.5 Å². The van der Waals surface area contributed by atoms with Gasteiger partial charge in [-0.1, -0.05) is 6.42 Å². The molecule has 19 heavy (non-hydrogen) atoms. The Morgan fingerprint density at radius 3 is 3.05 bits per heavy atom. The predicted octanol–water partition coefficient (Wildman–Crippen LogP) is 2.01. The first-order valence-electron chi connectivity index (χ1n) is 7.85. The molecular formula is C15H26N4. The molecule has 1 aromatic rings. The van der Waals surface area contributed by atoms with Crippen molar-refractivity contribution in [1.82, 2.24) is 19.8 Å². The van der Waals surface area contributed by atoms with Crippen LogP contribution >= 0.6 is 0 Å². The van der Waals surface area contributed by atoms with Gasteiger partial charge in [0.25, 0.3) is 0 Å². The van der Waals surface area contributed by atoms with Crippen LogP contribution in [0.2, 0.25) is 0 Å². The van der Waals surface area contributed by atoms with E-state index in [4.69, 9.17) is 0 Å². The first-order valence-corrected chi connectivity index (χ1v) is 7.85. The molecule has 4 heteroatoms. The molecule has 2 saturated heterocycles. The van der Waals surface area contributed by atoms with E-state index in [-0.39, 0.29) is 0 Å². The Hall–Kier alpha value is -0.870. The van der Waals surface area contributed by atoms with Crippen LogP contribution in [-0.2, 0) is 13.1 Å². The third-order valence-electron chi connectivity index (χ3n) is 4.73. The maximum absolute atomic E-state index is 4.30. The lowest BCUT2D eigenvalue weighted by Crippen LogP contribution is -2.49. The molecule has 0 aromatic carbocycles. The minimum atomic E-state index is 0.721. The second-order valence-corrected chi connectivity index (χ2v) is 5.91. The van der Waals surface area contributed by atoms with E-state index in [1.165, 1.54) is 50.9 Å². The number of piperidine rings is 1. The average Bonchev–Trinajstić information content (AvgIpc) is 3.10. The van der Waals surface area contributed by atoms with Gasteiger partial charge in [0.1, 0.15) is 0 Å². The molecule has 0 radical (unpaired) electrons. The summed E-state index contributed by atoms with van der Waals surface area (Å²) in [7, 11) is 0. The van der Waals surface area contributed by atoms with Crippen molar-refractivity contribution in [2.45, 2.75) is 64.2 Å². The molecule has 0 amide bonds. The molecule has 0 spiro atoms. The lowest BCUT2D eigenvalue weighted by Gasteiger charge is -2.39. The van der Waals surface area contributed by atoms with E-state index in [2.05, 4.69) is 26.7 Å². The highest BCUT2D eigenvalue weighted by atomic mass is 15.2. The fraction of sp³-hybridized carbons (Fsp3) is 0.800. The maximum Gasteiger partial charge on any atom is 0.0948 e. The number of aromatic nitrogens is 2. The number of hydrogen-bond donors (Lipinski definition) is 1. The lowest BCUT2D eigenvalue weighted by molar-refractivity contribution is 0.110. The van der Waals surface area contributed by atoms with Gasteiger partial charge in [0, 0.05) is 31.4 Å². The van der Waals surface area contributed by atoms with E-state index in [9.17, 15) is 0 Å². The summed E-state index contributed by atoms with van der Waals surface area (Å²) in [5, 5.41) is 3.70. The molecule has 2 fully saturated rings. The van der Waals surface area contributed by atoms with Crippen LogP contribution in [-0.4, -0.2) is 39.6 Å². The van der Waals surface area contributed by atoms with E-state index in [1.807, 2.05) is 12.5 Å². The average molecular weight is 262 g/mol. The Bertz CT molecular complexity index is 395. The molecule has 2 unspecified atom stereocenters. The van der Waals surface area contributed by atoms with Gasteiger partial charge in [-0.3, -0.25) is 4.90 Å². The minimum absolute atomic E-state index is 0.721. The van der Waals surface area contributed by atoms with E-state index >= 15 is 0 Å². The Morgan fingerprint density at radius 1 is 1.32 bits per heavy atom. The minimum Gasteiger partial charge on any atom is -0.334 e. The zero-order chi connectivity index (χ0) is 13.1. The van der Waals surface area contributed by atoms with Crippen LogP contribution in [0.5, 0.6) is 0 Å². The van der Waals surface area contributed by atoms with E-state index < -0.39 is 0 Å². The monoisotopic (exact) mass is 262 g/mol. The van der Waals surface area contributed by atoms with Crippen molar-refractivity contribution < 1.29 is 0 Å². The Kier molecular flexibility index (Phi) is 4.18. The van der Waals surface area contributed by atoms with Crippen molar-refractivity contribution in [2.75, 3.05) is 13.1 Å². The number of aryl methyl sites for hydroxylation is 1. The predicted molar refractivity (Wildman–Crippen MR) is 77.0 cm³/mol. The SMILES string of the molecule is CCn1cncc1CN1CCCCC1C1CCCN1. The standard InChI is InChI=1S/C15H26N4/c1-2-18-12-16-10-13(18)11-19-9-4-3-7-15(19)14-6-5-8-17-14/h10,12,14-15,17H,2-9,11H2,1H3. The number of rotatable bonds is 4. The second kappa shape index (κ2) is 6.06. The topological polar surface area (TPSA) is 33.1 Å². The fourth-order valence-corrected chi connectivity index (χ4v) is 3.68. The highest BCUT2D eigenvalue weighted by molar-refractivity contribution is 5.01. The van der Waals surface area contributed by atoms with Gasteiger partial charge in [-0.15, -0.1) is 0 Å². The van der Waals surface area contributed by atoms with E-state index in [0.717, 1.165) is 25.2 Å². The van der Waals surface area contributed by atoms with Gasteiger partial charge in [-0.2, -0.15) is 0 Å². The summed E-state index contributed by atoms with van der Waals surface area (Å²) in [6, 6.07) is 1.45. The Morgan fingerprint density at radius 2 is 2.26 bits per heavy atom. The molecule has 2 aliphatic rings. The summed E-state index contributed by atoms with van der Waals surface area (Å²) >= 11 is 0. The summed E-state index contributed by atoms with van der Waals surface area (Å²) in [6.45, 7) is 6.74. The number of imidazole rings is 1. The fourth-order valence-electron chi connectivity index (χ4n) is 3.68. The van der Waals surface area contributed by atoms with Crippen molar-refractivity contribution >= 4 is 0 Å². The molecular weight excluding hydrogens is 236 g/mol. The molecule has 3 heterocycles. The molecule has 0 saturated carbocycles. The smallest absolute Gasteiger partial charge is 0.0948 e. The zero-order valence-corrected chi connectivity index (χ0v) is 12.0. The van der Waals surface area contributed by atoms with Crippen LogP contribution in [0.25, 0.3) is 0 Å². The van der Waals surface area contributed by atoms with Gasteiger partial charge < -0.3 is 9.88 Å². The molecule has 1 aromatic heterocycles. The number of hydrogen-bond acceptors (Lipinski definition) is 3. The molecule has 0 aliphatic carbocycles. The largest absolute Gasteiger partial charge is 0.334 e. The van der Waals surface area contributed by atoms with Crippen LogP contribution in [0.3, 0.4) is 0 Å². The number of nitrogens with one attached hydrogen (secondary N) is 1.